The number of nitrogens with zero attached hydrogens (tertiary/aromatic N) is 5. The van der Waals surface area contributed by atoms with Crippen LogP contribution < -0.4 is 15.8 Å². The predicted molar refractivity (Wildman–Crippen MR) is 118 cm³/mol. The first-order chi connectivity index (χ1) is 15.6. The number of carbonyl (C=O) groups excluding carboxylic acids is 1. The minimum atomic E-state index is -0.394. The number of hydrogen-bond acceptors (Lipinski definition) is 7. The van der Waals surface area contributed by atoms with Crippen molar-refractivity contribution in [3.63, 3.8) is 0 Å². The number of nitrogens with two attached hydrogens (primary N) is 1. The Labute approximate surface area is 183 Å². The van der Waals surface area contributed by atoms with Gasteiger partial charge in [0, 0.05) is 24.4 Å². The highest BCUT2D eigenvalue weighted by atomic mass is 16.7. The van der Waals surface area contributed by atoms with Crippen LogP contribution in [0.25, 0.3) is 16.8 Å². The Bertz CT molecular complexity index is 1280. The van der Waals surface area contributed by atoms with Crippen LogP contribution in [0.3, 0.4) is 0 Å². The van der Waals surface area contributed by atoms with Crippen molar-refractivity contribution in [2.75, 3.05) is 24.8 Å². The molecule has 5 rings (SSSR count). The quantitative estimate of drug-likeness (QED) is 0.509. The van der Waals surface area contributed by atoms with Crippen molar-refractivity contribution in [3.8, 4) is 17.0 Å². The molecule has 32 heavy (non-hydrogen) atoms. The zero-order chi connectivity index (χ0) is 22.1. The van der Waals surface area contributed by atoms with Gasteiger partial charge in [0.15, 0.2) is 5.65 Å². The van der Waals surface area contributed by atoms with Crippen LogP contribution in [-0.2, 0) is 4.84 Å². The van der Waals surface area contributed by atoms with Crippen molar-refractivity contribution in [1.29, 1.82) is 0 Å². The average Bonchev–Trinajstić information content (AvgIpc) is 3.45. The van der Waals surface area contributed by atoms with Gasteiger partial charge in [-0.15, -0.1) is 5.10 Å². The van der Waals surface area contributed by atoms with Crippen molar-refractivity contribution < 1.29 is 14.4 Å². The van der Waals surface area contributed by atoms with Crippen LogP contribution >= 0.6 is 0 Å². The molecular formula is C22H21N7O3. The first kappa shape index (κ1) is 19.8. The fraction of sp³-hybridized carbons (Fsp3) is 0.182. The Hall–Kier alpha value is -4.18. The summed E-state index contributed by atoms with van der Waals surface area (Å²) in [5.74, 6) is 0.493. The summed E-state index contributed by atoms with van der Waals surface area (Å²) >= 11 is 0. The molecule has 4 aromatic rings. The number of nitrogens with one attached hydrogen (secondary N) is 1. The normalized spacial score (nSPS) is 15.8. The number of nitrogen functional groups attached to an aromatic ring is 1. The van der Waals surface area contributed by atoms with E-state index in [9.17, 15) is 4.79 Å². The molecule has 0 bridgehead atoms. The van der Waals surface area contributed by atoms with Crippen LogP contribution in [0.15, 0.2) is 60.9 Å². The van der Waals surface area contributed by atoms with Gasteiger partial charge in [-0.3, -0.25) is 4.84 Å². The second-order valence-corrected chi connectivity index (χ2v) is 7.27. The van der Waals surface area contributed by atoms with Gasteiger partial charge in [-0.1, -0.05) is 30.3 Å². The molecule has 1 atom stereocenters. The summed E-state index contributed by atoms with van der Waals surface area (Å²) in [5.41, 5.74) is 9.34. The molecule has 0 saturated carbocycles. The maximum atomic E-state index is 13.1. The highest BCUT2D eigenvalue weighted by Gasteiger charge is 2.32. The van der Waals surface area contributed by atoms with Crippen molar-refractivity contribution in [2.24, 2.45) is 0 Å². The molecule has 10 nitrogen and oxygen atoms in total. The number of carbonyl (C=O) groups is 1. The monoisotopic (exact) mass is 431 g/mol. The lowest BCUT2D eigenvalue weighted by atomic mass is 10.1. The van der Waals surface area contributed by atoms with Crippen LogP contribution in [0.2, 0.25) is 0 Å². The smallest absolute Gasteiger partial charge is 0.346 e. The lowest BCUT2D eigenvalue weighted by Gasteiger charge is -2.23. The Morgan fingerprint density at radius 1 is 1.22 bits per heavy atom. The van der Waals surface area contributed by atoms with Crippen molar-refractivity contribution in [3.05, 3.63) is 66.5 Å². The molecule has 3 aromatic heterocycles. The molecule has 1 fully saturated rings. The average molecular weight is 431 g/mol. The van der Waals surface area contributed by atoms with Gasteiger partial charge >= 0.3 is 6.03 Å². The van der Waals surface area contributed by atoms with E-state index in [0.717, 1.165) is 16.7 Å². The van der Waals surface area contributed by atoms with Crippen molar-refractivity contribution in [1.82, 2.24) is 24.6 Å². The minimum absolute atomic E-state index is 0.167. The van der Waals surface area contributed by atoms with E-state index >= 15 is 0 Å². The molecule has 1 unspecified atom stereocenters. The Morgan fingerprint density at radius 3 is 2.88 bits per heavy atom. The van der Waals surface area contributed by atoms with Crippen molar-refractivity contribution in [2.45, 2.75) is 12.5 Å². The first-order valence-electron chi connectivity index (χ1n) is 10.1. The molecule has 1 aliphatic heterocycles. The summed E-state index contributed by atoms with van der Waals surface area (Å²) in [4.78, 5) is 27.2. The molecule has 162 valence electrons. The molecule has 0 spiro atoms. The number of fused-ring (bicyclic) bond motifs is 1. The van der Waals surface area contributed by atoms with E-state index in [4.69, 9.17) is 15.3 Å². The van der Waals surface area contributed by atoms with Crippen LogP contribution in [0.5, 0.6) is 5.88 Å². The van der Waals surface area contributed by atoms with E-state index in [-0.39, 0.29) is 12.0 Å². The van der Waals surface area contributed by atoms with Gasteiger partial charge in [-0.2, -0.15) is 10.0 Å². The van der Waals surface area contributed by atoms with Gasteiger partial charge in [-0.05, 0) is 29.3 Å². The molecule has 1 saturated heterocycles. The zero-order valence-electron chi connectivity index (χ0n) is 17.3. The number of pyridine rings is 2. The van der Waals surface area contributed by atoms with Crippen LogP contribution in [-0.4, -0.2) is 44.4 Å². The third kappa shape index (κ3) is 3.67. The number of hydroxylamine groups is 2. The third-order valence-electron chi connectivity index (χ3n) is 5.26. The lowest BCUT2D eigenvalue weighted by molar-refractivity contribution is -0.0830. The summed E-state index contributed by atoms with van der Waals surface area (Å²) in [5, 5.41) is 8.32. The van der Waals surface area contributed by atoms with Gasteiger partial charge in [0.05, 0.1) is 19.8 Å². The van der Waals surface area contributed by atoms with Gasteiger partial charge in [0.1, 0.15) is 5.69 Å². The number of urea groups is 1. The van der Waals surface area contributed by atoms with E-state index < -0.39 is 6.03 Å². The topological polar surface area (TPSA) is 120 Å². The largest absolute Gasteiger partial charge is 0.480 e. The molecule has 2 amide bonds. The SMILES string of the molecule is COc1ncc(-c2ccn3nc(N)nc3c2)cc1NC(=O)N1OCCC1c1ccccc1. The molecule has 0 aliphatic carbocycles. The Kier molecular flexibility index (Phi) is 5.04. The molecule has 3 N–H and O–H groups in total. The Morgan fingerprint density at radius 2 is 2.06 bits per heavy atom. The number of aromatic nitrogens is 4. The number of anilines is 2. The van der Waals surface area contributed by atoms with E-state index in [1.54, 1.807) is 23.0 Å². The molecule has 10 heteroatoms. The van der Waals surface area contributed by atoms with Crippen LogP contribution in [0.4, 0.5) is 16.4 Å². The second kappa shape index (κ2) is 8.16. The maximum absolute atomic E-state index is 13.1. The lowest BCUT2D eigenvalue weighted by Crippen LogP contribution is -2.33. The number of methoxy groups -OCH3 is 1. The predicted octanol–water partition coefficient (Wildman–Crippen LogP) is 3.29. The standard InChI is InChI=1S/C22H21N7O3/c1-31-20-17(25-22(30)29-18(8-10-32-29)14-5-3-2-4-6-14)11-16(13-24-20)15-7-9-28-19(12-15)26-21(23)27-28/h2-7,9,11-13,18H,8,10H2,1H3,(H2,23,27)(H,25,30). The van der Waals surface area contributed by atoms with Gasteiger partial charge in [0.2, 0.25) is 11.8 Å². The fourth-order valence-corrected chi connectivity index (χ4v) is 3.76. The van der Waals surface area contributed by atoms with E-state index in [1.165, 1.54) is 12.2 Å². The summed E-state index contributed by atoms with van der Waals surface area (Å²) in [6.07, 6.45) is 4.15. The summed E-state index contributed by atoms with van der Waals surface area (Å²) in [6.45, 7) is 0.462. The van der Waals surface area contributed by atoms with Gasteiger partial charge in [0.25, 0.3) is 0 Å². The minimum Gasteiger partial charge on any atom is -0.480 e. The number of ether oxygens (including phenoxy) is 1. The summed E-state index contributed by atoms with van der Waals surface area (Å²) < 4.78 is 6.95. The highest BCUT2D eigenvalue weighted by molar-refractivity contribution is 5.91. The summed E-state index contributed by atoms with van der Waals surface area (Å²) in [7, 11) is 1.50. The molecule has 1 aliphatic rings. The number of amides is 2. The highest BCUT2D eigenvalue weighted by Crippen LogP contribution is 2.33. The molecule has 4 heterocycles. The van der Waals surface area contributed by atoms with E-state index in [0.29, 0.717) is 30.2 Å². The van der Waals surface area contributed by atoms with Gasteiger partial charge < -0.3 is 15.8 Å². The first-order valence-corrected chi connectivity index (χ1v) is 10.1. The van der Waals surface area contributed by atoms with E-state index in [2.05, 4.69) is 20.4 Å². The third-order valence-corrected chi connectivity index (χ3v) is 5.26. The maximum Gasteiger partial charge on any atom is 0.346 e. The van der Waals surface area contributed by atoms with Crippen LogP contribution in [0.1, 0.15) is 18.0 Å². The fourth-order valence-electron chi connectivity index (χ4n) is 3.76. The molecular weight excluding hydrogens is 410 g/mol. The Balaban J connectivity index is 1.43. The zero-order valence-corrected chi connectivity index (χ0v) is 17.3. The van der Waals surface area contributed by atoms with Crippen LogP contribution in [0, 0.1) is 0 Å². The van der Waals surface area contributed by atoms with Crippen molar-refractivity contribution >= 4 is 23.3 Å². The number of benzene rings is 1. The van der Waals surface area contributed by atoms with E-state index in [1.807, 2.05) is 42.5 Å². The molecule has 0 radical (unpaired) electrons. The number of rotatable bonds is 4. The van der Waals surface area contributed by atoms with Gasteiger partial charge in [-0.25, -0.2) is 14.3 Å². The summed E-state index contributed by atoms with van der Waals surface area (Å²) in [6, 6.07) is 14.7. The molecule has 1 aromatic carbocycles. The number of hydrogen-bond donors (Lipinski definition) is 2. The second-order valence-electron chi connectivity index (χ2n) is 7.27.